The van der Waals surface area contributed by atoms with Crippen LogP contribution in [-0.4, -0.2) is 5.94 Å². The van der Waals surface area contributed by atoms with Gasteiger partial charge < -0.3 is 0 Å². The number of aryl methyl sites for hydroxylation is 1. The minimum absolute atomic E-state index is 0.317. The predicted octanol–water partition coefficient (Wildman–Crippen LogP) is 3.40. The van der Waals surface area contributed by atoms with Gasteiger partial charge in [0, 0.05) is 0 Å². The predicted molar refractivity (Wildman–Crippen MR) is 65.8 cm³/mol. The Morgan fingerprint density at radius 3 is 1.88 bits per heavy atom. The first kappa shape index (κ1) is 11.3. The molecule has 2 aromatic carbocycles. The second-order valence-corrected chi connectivity index (χ2v) is 3.85. The Labute approximate surface area is 99.2 Å². The van der Waals surface area contributed by atoms with Crippen LogP contribution in [0, 0.1) is 12.7 Å². The molecule has 0 unspecified atom stereocenters. The van der Waals surface area contributed by atoms with Crippen molar-refractivity contribution in [3.63, 3.8) is 0 Å². The Hall–Kier alpha value is -2.18. The summed E-state index contributed by atoms with van der Waals surface area (Å²) in [5.74, 6) is 1.60. The fourth-order valence-corrected chi connectivity index (χ4v) is 1.62. The second kappa shape index (κ2) is 4.77. The summed E-state index contributed by atoms with van der Waals surface area (Å²) in [6.45, 7) is 1.98. The normalized spacial score (nSPS) is 9.76. The summed E-state index contributed by atoms with van der Waals surface area (Å²) < 4.78 is 12.8. The van der Waals surface area contributed by atoms with E-state index in [4.69, 9.17) is 0 Å². The maximum Gasteiger partial charge on any atom is 0.133 e. The van der Waals surface area contributed by atoms with E-state index in [-0.39, 0.29) is 5.82 Å². The van der Waals surface area contributed by atoms with Crippen LogP contribution in [0.15, 0.2) is 48.5 Å². The summed E-state index contributed by atoms with van der Waals surface area (Å²) in [7, 11) is 0. The average Bonchev–Trinajstić information content (AvgIpc) is 2.35. The van der Waals surface area contributed by atoms with E-state index >= 15 is 0 Å². The zero-order valence-electron chi connectivity index (χ0n) is 9.41. The van der Waals surface area contributed by atoms with Crippen molar-refractivity contribution < 1.29 is 9.18 Å². The van der Waals surface area contributed by atoms with Crippen molar-refractivity contribution >= 4 is 11.5 Å². The highest BCUT2D eigenvalue weighted by molar-refractivity contribution is 5.96. The largest absolute Gasteiger partial charge is 0.233 e. The Bertz CT molecular complexity index is 513. The molecule has 17 heavy (non-hydrogen) atoms. The van der Waals surface area contributed by atoms with Crippen molar-refractivity contribution in [2.24, 2.45) is 0 Å². The quantitative estimate of drug-likeness (QED) is 0.717. The molecule has 0 aliphatic rings. The Morgan fingerprint density at radius 2 is 1.41 bits per heavy atom. The lowest BCUT2D eigenvalue weighted by atomic mass is 9.99. The highest BCUT2D eigenvalue weighted by atomic mass is 19.1. The van der Waals surface area contributed by atoms with Crippen LogP contribution in [-0.2, 0) is 4.79 Å². The smallest absolute Gasteiger partial charge is 0.133 e. The SMILES string of the molecule is Cc1ccc(C(=C=O)c2ccc(F)cc2)cc1. The molecule has 0 aromatic heterocycles. The lowest BCUT2D eigenvalue weighted by Gasteiger charge is -2.04. The maximum atomic E-state index is 12.8. The van der Waals surface area contributed by atoms with Gasteiger partial charge in [-0.2, -0.15) is 0 Å². The molecule has 0 radical (unpaired) electrons. The molecule has 0 saturated heterocycles. The molecule has 0 N–H and O–H groups in total. The van der Waals surface area contributed by atoms with Crippen molar-refractivity contribution in [3.05, 3.63) is 71.0 Å². The second-order valence-electron chi connectivity index (χ2n) is 3.85. The summed E-state index contributed by atoms with van der Waals surface area (Å²) in [6.07, 6.45) is 0. The van der Waals surface area contributed by atoms with Gasteiger partial charge in [-0.05, 0) is 30.2 Å². The van der Waals surface area contributed by atoms with Crippen molar-refractivity contribution in [1.29, 1.82) is 0 Å². The molecule has 0 saturated carbocycles. The zero-order valence-corrected chi connectivity index (χ0v) is 9.41. The van der Waals surface area contributed by atoms with Gasteiger partial charge in [-0.3, -0.25) is 0 Å². The van der Waals surface area contributed by atoms with Gasteiger partial charge in [0.05, 0.1) is 5.57 Å². The number of benzene rings is 2. The van der Waals surface area contributed by atoms with Crippen LogP contribution in [0.5, 0.6) is 0 Å². The third-order valence-electron chi connectivity index (χ3n) is 2.58. The Kier molecular flexibility index (Phi) is 3.17. The summed E-state index contributed by atoms with van der Waals surface area (Å²) in [5, 5.41) is 0. The van der Waals surface area contributed by atoms with Gasteiger partial charge in [-0.25, -0.2) is 9.18 Å². The van der Waals surface area contributed by atoms with E-state index in [9.17, 15) is 9.18 Å². The van der Waals surface area contributed by atoms with E-state index in [1.807, 2.05) is 37.1 Å². The van der Waals surface area contributed by atoms with Gasteiger partial charge in [-0.1, -0.05) is 42.0 Å². The third-order valence-corrected chi connectivity index (χ3v) is 2.58. The van der Waals surface area contributed by atoms with Crippen LogP contribution in [0.2, 0.25) is 0 Å². The molecular formula is C15H11FO. The number of halogens is 1. The van der Waals surface area contributed by atoms with Gasteiger partial charge in [0.2, 0.25) is 0 Å². The van der Waals surface area contributed by atoms with Crippen molar-refractivity contribution in [2.45, 2.75) is 6.92 Å². The fraction of sp³-hybridized carbons (Fsp3) is 0.0667. The lowest BCUT2D eigenvalue weighted by Crippen LogP contribution is -1.89. The minimum Gasteiger partial charge on any atom is -0.233 e. The summed E-state index contributed by atoms with van der Waals surface area (Å²) in [5.41, 5.74) is 3.03. The molecule has 2 heteroatoms. The topological polar surface area (TPSA) is 17.1 Å². The fourth-order valence-electron chi connectivity index (χ4n) is 1.62. The molecule has 0 heterocycles. The third kappa shape index (κ3) is 2.49. The van der Waals surface area contributed by atoms with Crippen molar-refractivity contribution in [1.82, 2.24) is 0 Å². The molecule has 0 atom stereocenters. The molecule has 2 aromatic rings. The number of rotatable bonds is 2. The van der Waals surface area contributed by atoms with Gasteiger partial charge >= 0.3 is 0 Å². The number of hydrogen-bond donors (Lipinski definition) is 0. The van der Waals surface area contributed by atoms with Gasteiger partial charge in [0.1, 0.15) is 11.8 Å². The first-order valence-electron chi connectivity index (χ1n) is 5.29. The molecule has 0 aliphatic carbocycles. The zero-order chi connectivity index (χ0) is 12.3. The van der Waals surface area contributed by atoms with Gasteiger partial charge in [0.15, 0.2) is 0 Å². The molecule has 0 spiro atoms. The summed E-state index contributed by atoms with van der Waals surface area (Å²) in [6, 6.07) is 13.4. The maximum absolute atomic E-state index is 12.8. The molecule has 2 rings (SSSR count). The van der Waals surface area contributed by atoms with E-state index in [0.717, 1.165) is 11.1 Å². The van der Waals surface area contributed by atoms with Crippen molar-refractivity contribution in [2.75, 3.05) is 0 Å². The van der Waals surface area contributed by atoms with E-state index in [1.165, 1.54) is 12.1 Å². The molecule has 84 valence electrons. The van der Waals surface area contributed by atoms with Gasteiger partial charge in [-0.15, -0.1) is 0 Å². The molecular weight excluding hydrogens is 215 g/mol. The van der Waals surface area contributed by atoms with Crippen LogP contribution in [0.4, 0.5) is 4.39 Å². The average molecular weight is 226 g/mol. The van der Waals surface area contributed by atoms with Crippen molar-refractivity contribution in [3.8, 4) is 0 Å². The van der Waals surface area contributed by atoms with Crippen LogP contribution < -0.4 is 0 Å². The molecule has 0 bridgehead atoms. The lowest BCUT2D eigenvalue weighted by molar-refractivity contribution is 0.569. The minimum atomic E-state index is -0.317. The first-order chi connectivity index (χ1) is 8.20. The standard InChI is InChI=1S/C15H11FO/c1-11-2-4-12(5-3-11)15(10-17)13-6-8-14(16)9-7-13/h2-9H,1H3. The van der Waals surface area contributed by atoms with E-state index in [2.05, 4.69) is 0 Å². The van der Waals surface area contributed by atoms with Crippen LogP contribution >= 0.6 is 0 Å². The highest BCUT2D eigenvalue weighted by Gasteiger charge is 2.05. The van der Waals surface area contributed by atoms with E-state index in [1.54, 1.807) is 12.1 Å². The van der Waals surface area contributed by atoms with E-state index in [0.29, 0.717) is 11.1 Å². The Balaban J connectivity index is 2.44. The summed E-state index contributed by atoms with van der Waals surface area (Å²) >= 11 is 0. The van der Waals surface area contributed by atoms with Crippen LogP contribution in [0.3, 0.4) is 0 Å². The summed E-state index contributed by atoms with van der Waals surface area (Å²) in [4.78, 5) is 11.0. The highest BCUT2D eigenvalue weighted by Crippen LogP contribution is 2.21. The van der Waals surface area contributed by atoms with E-state index < -0.39 is 0 Å². The molecule has 0 aliphatic heterocycles. The number of carbonyl (C=O) groups excluding carboxylic acids is 1. The monoisotopic (exact) mass is 226 g/mol. The Morgan fingerprint density at radius 1 is 0.941 bits per heavy atom. The first-order valence-corrected chi connectivity index (χ1v) is 5.29. The van der Waals surface area contributed by atoms with Crippen LogP contribution in [0.25, 0.3) is 5.57 Å². The number of hydrogen-bond acceptors (Lipinski definition) is 1. The van der Waals surface area contributed by atoms with Crippen LogP contribution in [0.1, 0.15) is 16.7 Å². The molecule has 0 fully saturated rings. The molecule has 0 amide bonds. The molecule has 1 nitrogen and oxygen atoms in total. The van der Waals surface area contributed by atoms with Gasteiger partial charge in [0.25, 0.3) is 0 Å².